The van der Waals surface area contributed by atoms with E-state index in [1.54, 1.807) is 17.3 Å². The van der Waals surface area contributed by atoms with Gasteiger partial charge in [0.25, 0.3) is 0 Å². The third-order valence-corrected chi connectivity index (χ3v) is 6.27. The van der Waals surface area contributed by atoms with Crippen molar-refractivity contribution in [2.45, 2.75) is 32.6 Å². The van der Waals surface area contributed by atoms with Crippen LogP contribution in [-0.4, -0.2) is 41.3 Å². The molecule has 3 heterocycles. The van der Waals surface area contributed by atoms with Crippen LogP contribution in [0.15, 0.2) is 36.7 Å². The highest BCUT2D eigenvalue weighted by Crippen LogP contribution is 2.33. The lowest BCUT2D eigenvalue weighted by molar-refractivity contribution is -0.120. The summed E-state index contributed by atoms with van der Waals surface area (Å²) in [6.07, 6.45) is 7.11. The van der Waals surface area contributed by atoms with Gasteiger partial charge in [-0.2, -0.15) is 0 Å². The number of hydrogen-bond donors (Lipinski definition) is 0. The van der Waals surface area contributed by atoms with E-state index in [0.29, 0.717) is 18.9 Å². The summed E-state index contributed by atoms with van der Waals surface area (Å²) in [7, 11) is 0. The van der Waals surface area contributed by atoms with Crippen LogP contribution in [0.2, 0.25) is 0 Å². The molecule has 0 spiro atoms. The molecule has 0 bridgehead atoms. The number of hydrogen-bond acceptors (Lipinski definition) is 5. The van der Waals surface area contributed by atoms with Gasteiger partial charge in [0.2, 0.25) is 11.9 Å². The predicted octanol–water partition coefficient (Wildman–Crippen LogP) is 3.12. The lowest BCUT2D eigenvalue weighted by Gasteiger charge is -2.37. The van der Waals surface area contributed by atoms with Crippen molar-refractivity contribution >= 4 is 23.3 Å². The van der Waals surface area contributed by atoms with Gasteiger partial charge >= 0.3 is 0 Å². The summed E-state index contributed by atoms with van der Waals surface area (Å²) in [5.74, 6) is 2.05. The van der Waals surface area contributed by atoms with E-state index in [2.05, 4.69) is 21.8 Å². The van der Waals surface area contributed by atoms with Gasteiger partial charge in [0.15, 0.2) is 5.78 Å². The minimum Gasteiger partial charge on any atom is -0.340 e. The molecule has 6 heteroatoms. The standard InChI is InChI=1S/C23H26N4O2/c1-15-13-26(14-15)23-24-11-20(12-25-23)27-9-8-19(22(27)29)10-16-2-4-17(5-3-16)21(28)18-6-7-18/h2-5,11-12,15,18-19H,6-10,13-14H2,1H3. The molecule has 1 amide bonds. The predicted molar refractivity (Wildman–Crippen MR) is 111 cm³/mol. The number of carbonyl (C=O) groups excluding carboxylic acids is 2. The first kappa shape index (κ1) is 18.3. The average molecular weight is 390 g/mol. The molecular weight excluding hydrogens is 364 g/mol. The summed E-state index contributed by atoms with van der Waals surface area (Å²) in [5.41, 5.74) is 2.68. The molecule has 1 atom stereocenters. The van der Waals surface area contributed by atoms with Crippen LogP contribution in [0.4, 0.5) is 11.6 Å². The maximum atomic E-state index is 12.9. The van der Waals surface area contributed by atoms with Crippen molar-refractivity contribution in [1.82, 2.24) is 9.97 Å². The van der Waals surface area contributed by atoms with Gasteiger partial charge in [-0.15, -0.1) is 0 Å². The van der Waals surface area contributed by atoms with Gasteiger partial charge in [-0.1, -0.05) is 31.2 Å². The quantitative estimate of drug-likeness (QED) is 0.709. The number of aromatic nitrogens is 2. The molecule has 3 aliphatic rings. The zero-order valence-corrected chi connectivity index (χ0v) is 16.8. The SMILES string of the molecule is CC1CN(c2ncc(N3CCC(Cc4ccc(C(=O)C5CC5)cc4)C3=O)cn2)C1. The van der Waals surface area contributed by atoms with Crippen molar-refractivity contribution in [2.75, 3.05) is 29.4 Å². The Bertz CT molecular complexity index is 915. The first-order valence-corrected chi connectivity index (χ1v) is 10.6. The molecular formula is C23H26N4O2. The molecule has 150 valence electrons. The van der Waals surface area contributed by atoms with Crippen molar-refractivity contribution < 1.29 is 9.59 Å². The highest BCUT2D eigenvalue weighted by atomic mass is 16.2. The Morgan fingerprint density at radius 1 is 1.07 bits per heavy atom. The summed E-state index contributed by atoms with van der Waals surface area (Å²) >= 11 is 0. The van der Waals surface area contributed by atoms with E-state index < -0.39 is 0 Å². The van der Waals surface area contributed by atoms with Gasteiger partial charge < -0.3 is 9.80 Å². The second kappa shape index (κ2) is 7.25. The summed E-state index contributed by atoms with van der Waals surface area (Å²) in [4.78, 5) is 37.9. The van der Waals surface area contributed by atoms with E-state index in [-0.39, 0.29) is 23.5 Å². The molecule has 3 fully saturated rings. The largest absolute Gasteiger partial charge is 0.340 e. The molecule has 2 aliphatic heterocycles. The first-order chi connectivity index (χ1) is 14.1. The van der Waals surface area contributed by atoms with E-state index in [1.165, 1.54) is 0 Å². The third-order valence-electron chi connectivity index (χ3n) is 6.27. The molecule has 1 aromatic heterocycles. The highest BCUT2D eigenvalue weighted by Gasteiger charge is 2.34. The Hall–Kier alpha value is -2.76. The van der Waals surface area contributed by atoms with Crippen LogP contribution in [-0.2, 0) is 11.2 Å². The molecule has 1 unspecified atom stereocenters. The second-order valence-electron chi connectivity index (χ2n) is 8.77. The van der Waals surface area contributed by atoms with Crippen LogP contribution in [0.25, 0.3) is 0 Å². The molecule has 5 rings (SSSR count). The van der Waals surface area contributed by atoms with Crippen LogP contribution in [0, 0.1) is 17.8 Å². The van der Waals surface area contributed by atoms with Crippen molar-refractivity contribution in [2.24, 2.45) is 17.8 Å². The van der Waals surface area contributed by atoms with Crippen molar-refractivity contribution in [3.05, 3.63) is 47.8 Å². The van der Waals surface area contributed by atoms with Gasteiger partial charge in [0, 0.05) is 37.0 Å². The van der Waals surface area contributed by atoms with E-state index in [4.69, 9.17) is 0 Å². The van der Waals surface area contributed by atoms with E-state index >= 15 is 0 Å². The minimum atomic E-state index is -0.0316. The van der Waals surface area contributed by atoms with Crippen molar-refractivity contribution in [3.63, 3.8) is 0 Å². The zero-order valence-electron chi connectivity index (χ0n) is 16.8. The van der Waals surface area contributed by atoms with Gasteiger partial charge in [0.05, 0.1) is 18.1 Å². The molecule has 2 saturated heterocycles. The van der Waals surface area contributed by atoms with Crippen molar-refractivity contribution in [3.8, 4) is 0 Å². The van der Waals surface area contributed by atoms with Crippen molar-refractivity contribution in [1.29, 1.82) is 0 Å². The van der Waals surface area contributed by atoms with Crippen LogP contribution < -0.4 is 9.80 Å². The highest BCUT2D eigenvalue weighted by molar-refractivity contribution is 5.99. The van der Waals surface area contributed by atoms with E-state index in [0.717, 1.165) is 55.1 Å². The third kappa shape index (κ3) is 3.63. The number of amides is 1. The number of carbonyl (C=O) groups is 2. The molecule has 1 aliphatic carbocycles. The monoisotopic (exact) mass is 390 g/mol. The molecule has 2 aromatic rings. The topological polar surface area (TPSA) is 66.4 Å². The summed E-state index contributed by atoms with van der Waals surface area (Å²) in [6, 6.07) is 7.82. The van der Waals surface area contributed by atoms with Gasteiger partial charge in [-0.25, -0.2) is 9.97 Å². The Kier molecular flexibility index (Phi) is 4.57. The lowest BCUT2D eigenvalue weighted by atomic mass is 9.96. The van der Waals surface area contributed by atoms with E-state index in [9.17, 15) is 9.59 Å². The fraction of sp³-hybridized carbons (Fsp3) is 0.478. The summed E-state index contributed by atoms with van der Waals surface area (Å²) < 4.78 is 0. The van der Waals surface area contributed by atoms with Crippen LogP contribution in [0.5, 0.6) is 0 Å². The van der Waals surface area contributed by atoms with Gasteiger partial charge in [-0.3, -0.25) is 9.59 Å². The first-order valence-electron chi connectivity index (χ1n) is 10.6. The fourth-order valence-electron chi connectivity index (χ4n) is 4.33. The lowest BCUT2D eigenvalue weighted by Crippen LogP contribution is -2.46. The Morgan fingerprint density at radius 2 is 1.76 bits per heavy atom. The molecule has 0 N–H and O–H groups in total. The van der Waals surface area contributed by atoms with Gasteiger partial charge in [0.1, 0.15) is 0 Å². The van der Waals surface area contributed by atoms with Crippen LogP contribution in [0.1, 0.15) is 42.1 Å². The number of ketones is 1. The summed E-state index contributed by atoms with van der Waals surface area (Å²) in [6.45, 7) is 4.90. The molecule has 29 heavy (non-hydrogen) atoms. The zero-order chi connectivity index (χ0) is 20.0. The number of benzene rings is 1. The fourth-order valence-corrected chi connectivity index (χ4v) is 4.33. The maximum absolute atomic E-state index is 12.9. The number of rotatable bonds is 6. The van der Waals surface area contributed by atoms with Crippen LogP contribution >= 0.6 is 0 Å². The molecule has 1 aromatic carbocycles. The normalized spacial score (nSPS) is 22.1. The molecule has 0 radical (unpaired) electrons. The summed E-state index contributed by atoms with van der Waals surface area (Å²) in [5, 5.41) is 0. The van der Waals surface area contributed by atoms with Gasteiger partial charge in [-0.05, 0) is 37.2 Å². The molecule has 6 nitrogen and oxygen atoms in total. The van der Waals surface area contributed by atoms with E-state index in [1.807, 2.05) is 24.3 Å². The molecule has 1 saturated carbocycles. The Balaban J connectivity index is 1.21. The van der Waals surface area contributed by atoms with Crippen LogP contribution in [0.3, 0.4) is 0 Å². The minimum absolute atomic E-state index is 0.0316. The maximum Gasteiger partial charge on any atom is 0.230 e. The number of anilines is 2. The Labute approximate surface area is 170 Å². The second-order valence-corrected chi connectivity index (χ2v) is 8.77. The average Bonchev–Trinajstić information content (AvgIpc) is 3.51. The Morgan fingerprint density at radius 3 is 2.38 bits per heavy atom. The number of nitrogens with zero attached hydrogens (tertiary/aromatic N) is 4. The smallest absolute Gasteiger partial charge is 0.230 e. The number of Topliss-reactive ketones (excluding diaryl/α,β-unsaturated/α-hetero) is 1.